The molecule has 0 heterocycles. The molecule has 0 saturated carbocycles. The van der Waals surface area contributed by atoms with Gasteiger partial charge in [0.1, 0.15) is 0 Å². The Morgan fingerprint density at radius 2 is 1.69 bits per heavy atom. The second-order valence-corrected chi connectivity index (χ2v) is 3.07. The zero-order valence-corrected chi connectivity index (χ0v) is 7.20. The molecular weight excluding hydrogens is 164 g/mol. The number of carbonyl (C=O) groups is 2. The van der Waals surface area contributed by atoms with E-state index in [0.717, 1.165) is 5.56 Å². The molecule has 64 valence electrons. The molecule has 0 atom stereocenters. The van der Waals surface area contributed by atoms with Crippen molar-refractivity contribution in [3.05, 3.63) is 41.0 Å². The Labute approximate surface area is 75.9 Å². The highest BCUT2D eigenvalue weighted by Gasteiger charge is 2.23. The Bertz CT molecular complexity index is 427. The van der Waals surface area contributed by atoms with Gasteiger partial charge in [-0.2, -0.15) is 0 Å². The fraction of sp³-hybridized carbons (Fsp3) is 0.0909. The van der Waals surface area contributed by atoms with Crippen molar-refractivity contribution in [3.8, 4) is 0 Å². The van der Waals surface area contributed by atoms with Gasteiger partial charge >= 0.3 is 0 Å². The summed E-state index contributed by atoms with van der Waals surface area (Å²) in [6.07, 6.45) is 1.75. The predicted molar refractivity (Wildman–Crippen MR) is 49.4 cm³/mol. The Morgan fingerprint density at radius 3 is 2.46 bits per heavy atom. The zero-order chi connectivity index (χ0) is 9.42. The minimum atomic E-state index is -0.393. The van der Waals surface area contributed by atoms with E-state index in [-0.39, 0.29) is 0 Å². The van der Waals surface area contributed by atoms with Crippen molar-refractivity contribution in [1.82, 2.24) is 0 Å². The fourth-order valence-electron chi connectivity index (χ4n) is 1.43. The monoisotopic (exact) mass is 172 g/mol. The number of carbonyl (C=O) groups excluding carboxylic acids is 2. The van der Waals surface area contributed by atoms with E-state index in [4.69, 9.17) is 0 Å². The minimum Gasteiger partial charge on any atom is -0.285 e. The Kier molecular flexibility index (Phi) is 1.62. The lowest BCUT2D eigenvalue weighted by Gasteiger charge is -2.10. The summed E-state index contributed by atoms with van der Waals surface area (Å²) in [5.41, 5.74) is 1.87. The Hall–Kier alpha value is -1.70. The summed E-state index contributed by atoms with van der Waals surface area (Å²) >= 11 is 0. The molecule has 13 heavy (non-hydrogen) atoms. The molecule has 2 rings (SSSR count). The van der Waals surface area contributed by atoms with E-state index >= 15 is 0 Å². The smallest absolute Gasteiger partial charge is 0.233 e. The number of fused-ring (bicyclic) bond motifs is 1. The summed E-state index contributed by atoms with van der Waals surface area (Å²) in [4.78, 5) is 22.7. The van der Waals surface area contributed by atoms with Gasteiger partial charge in [-0.3, -0.25) is 9.59 Å². The number of hydrogen-bond acceptors (Lipinski definition) is 2. The van der Waals surface area contributed by atoms with Crippen molar-refractivity contribution in [2.45, 2.75) is 6.92 Å². The molecule has 1 aromatic rings. The van der Waals surface area contributed by atoms with E-state index in [0.29, 0.717) is 11.1 Å². The number of allylic oxidation sites excluding steroid dienone is 1. The van der Waals surface area contributed by atoms with Crippen molar-refractivity contribution < 1.29 is 9.59 Å². The van der Waals surface area contributed by atoms with Gasteiger partial charge in [0.25, 0.3) is 0 Å². The van der Waals surface area contributed by atoms with Gasteiger partial charge in [-0.05, 0) is 18.6 Å². The maximum Gasteiger partial charge on any atom is 0.233 e. The highest BCUT2D eigenvalue weighted by Crippen LogP contribution is 2.20. The SMILES string of the molecule is CC1=Cc2ccccc2C(=O)C1=O. The zero-order valence-electron chi connectivity index (χ0n) is 7.20. The summed E-state index contributed by atoms with van der Waals surface area (Å²) in [5.74, 6) is -0.783. The normalized spacial score (nSPS) is 15.3. The second-order valence-electron chi connectivity index (χ2n) is 3.07. The maximum atomic E-state index is 11.4. The third-order valence-electron chi connectivity index (χ3n) is 2.14. The van der Waals surface area contributed by atoms with E-state index < -0.39 is 11.6 Å². The van der Waals surface area contributed by atoms with E-state index in [9.17, 15) is 9.59 Å². The van der Waals surface area contributed by atoms with Crippen LogP contribution in [-0.2, 0) is 4.79 Å². The van der Waals surface area contributed by atoms with Crippen molar-refractivity contribution in [2.24, 2.45) is 0 Å². The van der Waals surface area contributed by atoms with E-state index in [1.165, 1.54) is 0 Å². The average Bonchev–Trinajstić information content (AvgIpc) is 2.15. The van der Waals surface area contributed by atoms with E-state index in [2.05, 4.69) is 0 Å². The van der Waals surface area contributed by atoms with Crippen LogP contribution >= 0.6 is 0 Å². The number of rotatable bonds is 0. The number of hydrogen-bond donors (Lipinski definition) is 0. The molecule has 0 bridgehead atoms. The minimum absolute atomic E-state index is 0.390. The lowest BCUT2D eigenvalue weighted by Crippen LogP contribution is -2.19. The first-order chi connectivity index (χ1) is 6.20. The lowest BCUT2D eigenvalue weighted by atomic mass is 9.91. The molecule has 2 nitrogen and oxygen atoms in total. The molecule has 0 amide bonds. The van der Waals surface area contributed by atoms with Gasteiger partial charge in [-0.15, -0.1) is 0 Å². The Balaban J connectivity index is 2.70. The van der Waals surface area contributed by atoms with Crippen LogP contribution in [0.4, 0.5) is 0 Å². The summed E-state index contributed by atoms with van der Waals surface area (Å²) in [7, 11) is 0. The van der Waals surface area contributed by atoms with Crippen LogP contribution in [0.2, 0.25) is 0 Å². The highest BCUT2D eigenvalue weighted by molar-refractivity contribution is 6.51. The van der Waals surface area contributed by atoms with E-state index in [1.807, 2.05) is 12.1 Å². The molecule has 1 aromatic carbocycles. The topological polar surface area (TPSA) is 34.1 Å². The third-order valence-corrected chi connectivity index (χ3v) is 2.14. The molecule has 0 fully saturated rings. The molecule has 0 spiro atoms. The quantitative estimate of drug-likeness (QED) is 0.560. The summed E-state index contributed by atoms with van der Waals surface area (Å²) in [6, 6.07) is 7.13. The summed E-state index contributed by atoms with van der Waals surface area (Å²) in [5, 5.41) is 0. The van der Waals surface area contributed by atoms with Crippen molar-refractivity contribution in [2.75, 3.05) is 0 Å². The first-order valence-corrected chi connectivity index (χ1v) is 4.06. The third kappa shape index (κ3) is 1.11. The van der Waals surface area contributed by atoms with Gasteiger partial charge in [-0.25, -0.2) is 0 Å². The largest absolute Gasteiger partial charge is 0.285 e. The van der Waals surface area contributed by atoms with Crippen LogP contribution in [0.3, 0.4) is 0 Å². The van der Waals surface area contributed by atoms with Crippen molar-refractivity contribution in [1.29, 1.82) is 0 Å². The van der Waals surface area contributed by atoms with Crippen molar-refractivity contribution >= 4 is 17.6 Å². The van der Waals surface area contributed by atoms with Crippen LogP contribution < -0.4 is 0 Å². The molecule has 0 radical (unpaired) electrons. The average molecular weight is 172 g/mol. The molecule has 0 N–H and O–H groups in total. The maximum absolute atomic E-state index is 11.4. The standard InChI is InChI=1S/C11H8O2/c1-7-6-8-4-2-3-5-9(8)11(13)10(7)12/h2-6H,1H3. The molecule has 0 saturated heterocycles. The first-order valence-electron chi connectivity index (χ1n) is 4.06. The number of Topliss-reactive ketones (excluding diaryl/α,β-unsaturated/α-hetero) is 2. The fourth-order valence-corrected chi connectivity index (χ4v) is 1.43. The van der Waals surface area contributed by atoms with Gasteiger partial charge in [-0.1, -0.05) is 24.3 Å². The van der Waals surface area contributed by atoms with Gasteiger partial charge in [0.05, 0.1) is 0 Å². The van der Waals surface area contributed by atoms with Crippen LogP contribution in [0.15, 0.2) is 29.8 Å². The summed E-state index contributed by atoms with van der Waals surface area (Å²) < 4.78 is 0. The molecule has 2 heteroatoms. The van der Waals surface area contributed by atoms with Gasteiger partial charge in [0.2, 0.25) is 11.6 Å². The van der Waals surface area contributed by atoms with Crippen molar-refractivity contribution in [3.63, 3.8) is 0 Å². The first kappa shape index (κ1) is 7.92. The van der Waals surface area contributed by atoms with Gasteiger partial charge < -0.3 is 0 Å². The highest BCUT2D eigenvalue weighted by atomic mass is 16.2. The van der Waals surface area contributed by atoms with Gasteiger partial charge in [0.15, 0.2) is 0 Å². The molecule has 0 aromatic heterocycles. The number of ketones is 2. The summed E-state index contributed by atoms with van der Waals surface area (Å²) in [6.45, 7) is 1.66. The Morgan fingerprint density at radius 1 is 1.00 bits per heavy atom. The van der Waals surface area contributed by atoms with Crippen LogP contribution in [0.5, 0.6) is 0 Å². The molecule has 1 aliphatic rings. The molecular formula is C11H8O2. The second kappa shape index (κ2) is 2.66. The molecule has 0 unspecified atom stereocenters. The van der Waals surface area contributed by atoms with Crippen LogP contribution in [0.25, 0.3) is 6.08 Å². The van der Waals surface area contributed by atoms with Gasteiger partial charge in [0, 0.05) is 11.1 Å². The van der Waals surface area contributed by atoms with Crippen LogP contribution in [0.1, 0.15) is 22.8 Å². The van der Waals surface area contributed by atoms with E-state index in [1.54, 1.807) is 25.1 Å². The number of benzene rings is 1. The lowest BCUT2D eigenvalue weighted by molar-refractivity contribution is -0.111. The van der Waals surface area contributed by atoms with Crippen LogP contribution in [0, 0.1) is 0 Å². The molecule has 0 aliphatic heterocycles. The van der Waals surface area contributed by atoms with Crippen LogP contribution in [-0.4, -0.2) is 11.6 Å². The predicted octanol–water partition coefficient (Wildman–Crippen LogP) is 1.86. The molecule has 1 aliphatic carbocycles.